The van der Waals surface area contributed by atoms with Crippen LogP contribution in [0.5, 0.6) is 5.75 Å². The van der Waals surface area contributed by atoms with Gasteiger partial charge in [0.05, 0.1) is 24.8 Å². The number of nitrogens with zero attached hydrogens (tertiary/aromatic N) is 3. The number of rotatable bonds is 8. The minimum Gasteiger partial charge on any atom is -0.487 e. The molecule has 3 atom stereocenters. The Bertz CT molecular complexity index is 1540. The third kappa shape index (κ3) is 6.65. The van der Waals surface area contributed by atoms with Crippen molar-refractivity contribution < 1.29 is 36.8 Å². The number of aryl methyl sites for hydroxylation is 2. The van der Waals surface area contributed by atoms with Crippen molar-refractivity contribution in [3.8, 4) is 5.75 Å². The van der Waals surface area contributed by atoms with E-state index in [-0.39, 0.29) is 59.0 Å². The molecule has 1 aromatic heterocycles. The summed E-state index contributed by atoms with van der Waals surface area (Å²) in [5.74, 6) is -0.822. The number of ether oxygens (including phenoxy) is 1. The number of carbonyl (C=O) groups is 2. The van der Waals surface area contributed by atoms with Crippen molar-refractivity contribution in [3.05, 3.63) is 65.3 Å². The largest absolute Gasteiger partial charge is 0.487 e. The van der Waals surface area contributed by atoms with Gasteiger partial charge in [-0.25, -0.2) is 17.6 Å². The summed E-state index contributed by atoms with van der Waals surface area (Å²) < 4.78 is 53.2. The lowest BCUT2D eigenvalue weighted by Gasteiger charge is -2.38. The molecule has 4 rings (SSSR count). The molecule has 42 heavy (non-hydrogen) atoms. The molecular formula is C28H34FN5O7S. The first-order chi connectivity index (χ1) is 19.8. The van der Waals surface area contributed by atoms with Crippen LogP contribution in [0, 0.1) is 25.6 Å². The van der Waals surface area contributed by atoms with Gasteiger partial charge in [-0.05, 0) is 63.2 Å². The van der Waals surface area contributed by atoms with Crippen LogP contribution < -0.4 is 14.8 Å². The van der Waals surface area contributed by atoms with Crippen molar-refractivity contribution in [2.24, 2.45) is 5.92 Å². The molecule has 226 valence electrons. The number of benzene rings is 2. The number of hydrogen-bond acceptors (Lipinski definition) is 8. The van der Waals surface area contributed by atoms with Crippen molar-refractivity contribution in [2.45, 2.75) is 44.7 Å². The van der Waals surface area contributed by atoms with Crippen molar-refractivity contribution in [1.82, 2.24) is 15.0 Å². The first-order valence-corrected chi connectivity index (χ1v) is 14.7. The summed E-state index contributed by atoms with van der Waals surface area (Å²) in [6.07, 6.45) is -0.584. The van der Waals surface area contributed by atoms with Crippen molar-refractivity contribution >= 4 is 33.3 Å². The number of likely N-dealkylation sites (N-methyl/N-ethyl adjacent to an activating group) is 1. The molecule has 1 aliphatic heterocycles. The molecule has 3 N–H and O–H groups in total. The topological polar surface area (TPSA) is 154 Å². The number of halogens is 1. The lowest BCUT2D eigenvalue weighted by molar-refractivity contribution is 0.0371. The van der Waals surface area contributed by atoms with Crippen LogP contribution in [-0.4, -0.2) is 79.3 Å². The number of nitrogens with one attached hydrogen (secondary N) is 2. The van der Waals surface area contributed by atoms with Crippen LogP contribution in [-0.2, 0) is 10.0 Å². The number of aliphatic hydroxyl groups excluding tert-OH is 1. The Morgan fingerprint density at radius 1 is 1.21 bits per heavy atom. The predicted molar refractivity (Wildman–Crippen MR) is 152 cm³/mol. The molecule has 0 saturated carbocycles. The second-order valence-electron chi connectivity index (χ2n) is 10.4. The standard InChI is InChI=1S/C28H34FN5O7S/c1-16-13-34(17(2)15-35)27(36)23-12-22(32-42(38,39)26-18(3)31-41-19(26)4)10-11-24(23)40-25(16)14-33(5)28(37)30-21-8-6-20(29)7-9-21/h6-12,16-17,25,32,35H,13-15H2,1-5H3,(H,30,37)/t16-,17-,25+/m0/s1. The molecule has 2 aromatic carbocycles. The maximum Gasteiger partial charge on any atom is 0.321 e. The lowest BCUT2D eigenvalue weighted by atomic mass is 9.99. The molecule has 0 unspecified atom stereocenters. The number of aliphatic hydroxyl groups is 1. The van der Waals surface area contributed by atoms with Gasteiger partial charge in [0.25, 0.3) is 15.9 Å². The summed E-state index contributed by atoms with van der Waals surface area (Å²) in [6.45, 7) is 6.61. The summed E-state index contributed by atoms with van der Waals surface area (Å²) in [7, 11) is -2.50. The molecule has 3 aromatic rings. The van der Waals surface area contributed by atoms with Crippen molar-refractivity contribution in [2.75, 3.05) is 36.8 Å². The molecule has 0 radical (unpaired) electrons. The fraction of sp³-hybridized carbons (Fsp3) is 0.393. The van der Waals surface area contributed by atoms with E-state index in [1.165, 1.54) is 66.1 Å². The second kappa shape index (κ2) is 12.4. The number of aromatic nitrogens is 1. The van der Waals surface area contributed by atoms with Crippen molar-refractivity contribution in [1.29, 1.82) is 0 Å². The molecule has 3 amide bonds. The highest BCUT2D eigenvalue weighted by molar-refractivity contribution is 7.92. The van der Waals surface area contributed by atoms with Gasteiger partial charge in [0.1, 0.15) is 23.4 Å². The Hall–Kier alpha value is -4.17. The van der Waals surface area contributed by atoms with Gasteiger partial charge in [0.15, 0.2) is 10.7 Å². The number of fused-ring (bicyclic) bond motifs is 1. The quantitative estimate of drug-likeness (QED) is 0.353. The van der Waals surface area contributed by atoms with Crippen LogP contribution in [0.15, 0.2) is 51.9 Å². The Labute approximate surface area is 243 Å². The fourth-order valence-corrected chi connectivity index (χ4v) is 6.05. The van der Waals surface area contributed by atoms with E-state index in [1.54, 1.807) is 14.0 Å². The van der Waals surface area contributed by atoms with Crippen LogP contribution in [0.25, 0.3) is 0 Å². The van der Waals surface area contributed by atoms with E-state index < -0.39 is 39.9 Å². The third-order valence-corrected chi connectivity index (χ3v) is 8.67. The Kier molecular flexibility index (Phi) is 9.06. The highest BCUT2D eigenvalue weighted by Gasteiger charge is 2.34. The van der Waals surface area contributed by atoms with Gasteiger partial charge in [0.2, 0.25) is 0 Å². The molecule has 0 bridgehead atoms. The Morgan fingerprint density at radius 2 is 1.88 bits per heavy atom. The second-order valence-corrected chi connectivity index (χ2v) is 12.0. The molecule has 2 heterocycles. The summed E-state index contributed by atoms with van der Waals surface area (Å²) in [5, 5.41) is 16.3. The monoisotopic (exact) mass is 603 g/mol. The normalized spacial score (nSPS) is 17.9. The smallest absolute Gasteiger partial charge is 0.321 e. The first kappa shape index (κ1) is 30.8. The molecular weight excluding hydrogens is 569 g/mol. The van der Waals surface area contributed by atoms with E-state index >= 15 is 0 Å². The van der Waals surface area contributed by atoms with E-state index in [2.05, 4.69) is 15.2 Å². The molecule has 12 nitrogen and oxygen atoms in total. The predicted octanol–water partition coefficient (Wildman–Crippen LogP) is 3.62. The third-order valence-electron chi connectivity index (χ3n) is 7.05. The molecule has 0 saturated heterocycles. The van der Waals surface area contributed by atoms with E-state index in [4.69, 9.17) is 9.26 Å². The van der Waals surface area contributed by atoms with Gasteiger partial charge in [0, 0.05) is 30.9 Å². The highest BCUT2D eigenvalue weighted by atomic mass is 32.2. The van der Waals surface area contributed by atoms with Crippen LogP contribution >= 0.6 is 0 Å². The SMILES string of the molecule is Cc1noc(C)c1S(=O)(=O)Nc1ccc2c(c1)C(=O)N([C@@H](C)CO)C[C@H](C)[C@@H](CN(C)C(=O)Nc1ccc(F)cc1)O2. The van der Waals surface area contributed by atoms with Crippen LogP contribution in [0.2, 0.25) is 0 Å². The van der Waals surface area contributed by atoms with Gasteiger partial charge in [-0.15, -0.1) is 0 Å². The van der Waals surface area contributed by atoms with Gasteiger partial charge < -0.3 is 29.5 Å². The fourth-order valence-electron chi connectivity index (χ4n) is 4.67. The van der Waals surface area contributed by atoms with Gasteiger partial charge in [-0.3, -0.25) is 9.52 Å². The van der Waals surface area contributed by atoms with Gasteiger partial charge in [-0.1, -0.05) is 12.1 Å². The Morgan fingerprint density at radius 3 is 2.50 bits per heavy atom. The van der Waals surface area contributed by atoms with E-state index in [0.29, 0.717) is 5.69 Å². The van der Waals surface area contributed by atoms with Crippen LogP contribution in [0.3, 0.4) is 0 Å². The van der Waals surface area contributed by atoms with Gasteiger partial charge in [-0.2, -0.15) is 0 Å². The molecule has 14 heteroatoms. The Balaban J connectivity index is 1.62. The number of carbonyl (C=O) groups excluding carboxylic acids is 2. The minimum absolute atomic E-state index is 0.0876. The minimum atomic E-state index is -4.08. The first-order valence-electron chi connectivity index (χ1n) is 13.3. The molecule has 0 aliphatic carbocycles. The number of amides is 3. The zero-order chi connectivity index (χ0) is 30.8. The van der Waals surface area contributed by atoms with Gasteiger partial charge >= 0.3 is 6.03 Å². The average molecular weight is 604 g/mol. The van der Waals surface area contributed by atoms with Crippen LogP contribution in [0.1, 0.15) is 35.7 Å². The summed E-state index contributed by atoms with van der Waals surface area (Å²) in [6, 6.07) is 8.72. The van der Waals surface area contributed by atoms with Crippen LogP contribution in [0.4, 0.5) is 20.6 Å². The summed E-state index contributed by atoms with van der Waals surface area (Å²) in [5.41, 5.74) is 0.816. The average Bonchev–Trinajstić information content (AvgIpc) is 3.29. The maximum atomic E-state index is 13.7. The molecule has 0 fully saturated rings. The highest BCUT2D eigenvalue weighted by Crippen LogP contribution is 2.32. The number of anilines is 2. The van der Waals surface area contributed by atoms with E-state index in [0.717, 1.165) is 0 Å². The summed E-state index contributed by atoms with van der Waals surface area (Å²) >= 11 is 0. The maximum absolute atomic E-state index is 13.7. The number of urea groups is 1. The van der Waals surface area contributed by atoms with E-state index in [1.807, 2.05) is 6.92 Å². The lowest BCUT2D eigenvalue weighted by Crippen LogP contribution is -2.50. The molecule has 1 aliphatic rings. The summed E-state index contributed by atoms with van der Waals surface area (Å²) in [4.78, 5) is 29.4. The number of sulfonamides is 1. The van der Waals surface area contributed by atoms with Crippen molar-refractivity contribution in [3.63, 3.8) is 0 Å². The zero-order valence-electron chi connectivity index (χ0n) is 23.9. The zero-order valence-corrected chi connectivity index (χ0v) is 24.7. The number of hydrogen-bond donors (Lipinski definition) is 3. The van der Waals surface area contributed by atoms with E-state index in [9.17, 15) is 27.5 Å². The molecule has 0 spiro atoms.